The summed E-state index contributed by atoms with van der Waals surface area (Å²) in [6.45, 7) is 0. The second-order valence-corrected chi connectivity index (χ2v) is 5.60. The monoisotopic (exact) mass is 362 g/mol. The predicted octanol–water partition coefficient (Wildman–Crippen LogP) is 2.14. The molecule has 0 saturated heterocycles. The number of carbonyl (C=O) groups is 1. The van der Waals surface area contributed by atoms with Crippen LogP contribution in [0.25, 0.3) is 5.65 Å². The van der Waals surface area contributed by atoms with Gasteiger partial charge in [-0.3, -0.25) is 9.20 Å². The van der Waals surface area contributed by atoms with Crippen LogP contribution in [0.2, 0.25) is 0 Å². The summed E-state index contributed by atoms with van der Waals surface area (Å²) in [6.07, 6.45) is 7.76. The van der Waals surface area contributed by atoms with Gasteiger partial charge in [-0.05, 0) is 12.1 Å². The molecule has 0 aliphatic carbocycles. The first kappa shape index (κ1) is 16.6. The Balaban J connectivity index is 1.67. The van der Waals surface area contributed by atoms with Crippen molar-refractivity contribution in [3.05, 3.63) is 66.8 Å². The van der Waals surface area contributed by atoms with Gasteiger partial charge in [-0.15, -0.1) is 10.2 Å². The fourth-order valence-corrected chi connectivity index (χ4v) is 2.58. The molecule has 0 bridgehead atoms. The Hall–Kier alpha value is -3.88. The molecule has 27 heavy (non-hydrogen) atoms. The number of fused-ring (bicyclic) bond motifs is 1. The molecule has 9 nitrogen and oxygen atoms in total. The van der Waals surface area contributed by atoms with Crippen LogP contribution in [-0.2, 0) is 6.42 Å². The highest BCUT2D eigenvalue weighted by Gasteiger charge is 2.16. The molecule has 134 valence electrons. The molecule has 0 atom stereocenters. The van der Waals surface area contributed by atoms with Gasteiger partial charge in [0, 0.05) is 6.07 Å². The van der Waals surface area contributed by atoms with Crippen molar-refractivity contribution in [1.29, 1.82) is 0 Å². The zero-order chi connectivity index (χ0) is 18.6. The number of aromatic nitrogens is 6. The van der Waals surface area contributed by atoms with Gasteiger partial charge in [0.1, 0.15) is 18.4 Å². The summed E-state index contributed by atoms with van der Waals surface area (Å²) in [6, 6.07) is 6.90. The Labute approximate surface area is 153 Å². The van der Waals surface area contributed by atoms with Crippen LogP contribution in [0.5, 0.6) is 17.4 Å². The van der Waals surface area contributed by atoms with E-state index in [0.717, 1.165) is 0 Å². The summed E-state index contributed by atoms with van der Waals surface area (Å²) in [5.74, 6) is 1.19. The minimum atomic E-state index is -0.163. The van der Waals surface area contributed by atoms with Gasteiger partial charge >= 0.3 is 0 Å². The number of carbonyl (C=O) groups excluding carboxylic acids is 1. The number of pyridine rings is 2. The second kappa shape index (κ2) is 7.16. The van der Waals surface area contributed by atoms with E-state index < -0.39 is 0 Å². The molecule has 0 aliphatic rings. The van der Waals surface area contributed by atoms with E-state index in [1.807, 2.05) is 0 Å². The third-order valence-corrected chi connectivity index (χ3v) is 3.77. The van der Waals surface area contributed by atoms with Crippen LogP contribution in [0.1, 0.15) is 16.1 Å². The quantitative estimate of drug-likeness (QED) is 0.481. The lowest BCUT2D eigenvalue weighted by molar-refractivity contribution is 0.0992. The largest absolute Gasteiger partial charge is 0.481 e. The Kier molecular flexibility index (Phi) is 4.40. The normalized spacial score (nSPS) is 10.7. The van der Waals surface area contributed by atoms with Crippen molar-refractivity contribution in [2.45, 2.75) is 6.42 Å². The van der Waals surface area contributed by atoms with Gasteiger partial charge in [0.05, 0.1) is 43.4 Å². The fraction of sp³-hybridized carbons (Fsp3) is 0.111. The van der Waals surface area contributed by atoms with Crippen molar-refractivity contribution in [3.63, 3.8) is 0 Å². The molecule has 4 heterocycles. The lowest BCUT2D eigenvalue weighted by Gasteiger charge is -2.09. The first-order valence-electron chi connectivity index (χ1n) is 8.02. The van der Waals surface area contributed by atoms with Gasteiger partial charge in [-0.2, -0.15) is 0 Å². The SMILES string of the molecule is COc1cccc(CC(=O)c2cc(Oc3cncnc3)cn3cnnc23)n1. The molecule has 4 aromatic heterocycles. The van der Waals surface area contributed by atoms with Crippen LogP contribution < -0.4 is 9.47 Å². The molecule has 0 spiro atoms. The molecule has 0 aliphatic heterocycles. The summed E-state index contributed by atoms with van der Waals surface area (Å²) in [4.78, 5) is 25.0. The molecule has 0 aromatic carbocycles. The molecular formula is C18H14N6O3. The molecule has 4 aromatic rings. The van der Waals surface area contributed by atoms with E-state index in [1.54, 1.807) is 34.9 Å². The zero-order valence-electron chi connectivity index (χ0n) is 14.3. The molecule has 4 rings (SSSR count). The van der Waals surface area contributed by atoms with Crippen molar-refractivity contribution >= 4 is 11.4 Å². The zero-order valence-corrected chi connectivity index (χ0v) is 14.3. The van der Waals surface area contributed by atoms with Crippen LogP contribution >= 0.6 is 0 Å². The van der Waals surface area contributed by atoms with Crippen LogP contribution in [0.4, 0.5) is 0 Å². The second-order valence-electron chi connectivity index (χ2n) is 5.60. The molecule has 0 saturated carbocycles. The lowest BCUT2D eigenvalue weighted by atomic mass is 10.1. The van der Waals surface area contributed by atoms with E-state index in [1.165, 1.54) is 32.2 Å². The minimum absolute atomic E-state index is 0.0949. The first-order valence-corrected chi connectivity index (χ1v) is 8.02. The number of methoxy groups -OCH3 is 1. The topological polar surface area (TPSA) is 104 Å². The maximum Gasteiger partial charge on any atom is 0.213 e. The third kappa shape index (κ3) is 3.56. The molecule has 0 fully saturated rings. The average Bonchev–Trinajstić information content (AvgIpc) is 3.17. The summed E-state index contributed by atoms with van der Waals surface area (Å²) in [5, 5.41) is 7.90. The number of nitrogens with zero attached hydrogens (tertiary/aromatic N) is 6. The van der Waals surface area contributed by atoms with Crippen molar-refractivity contribution < 1.29 is 14.3 Å². The highest BCUT2D eigenvalue weighted by molar-refractivity contribution is 6.02. The minimum Gasteiger partial charge on any atom is -0.481 e. The number of ketones is 1. The molecule has 0 amide bonds. The van der Waals surface area contributed by atoms with E-state index in [4.69, 9.17) is 9.47 Å². The van der Waals surface area contributed by atoms with Gasteiger partial charge in [-0.1, -0.05) is 6.07 Å². The molecule has 0 unspecified atom stereocenters. The van der Waals surface area contributed by atoms with Crippen LogP contribution in [-0.4, -0.2) is 42.4 Å². The van der Waals surface area contributed by atoms with Crippen LogP contribution in [0.3, 0.4) is 0 Å². The van der Waals surface area contributed by atoms with Crippen LogP contribution in [0, 0.1) is 0 Å². The average molecular weight is 362 g/mol. The van der Waals surface area contributed by atoms with Gasteiger partial charge in [0.25, 0.3) is 0 Å². The van der Waals surface area contributed by atoms with E-state index in [-0.39, 0.29) is 12.2 Å². The third-order valence-electron chi connectivity index (χ3n) is 3.77. The number of hydrogen-bond donors (Lipinski definition) is 0. The standard InChI is InChI=1S/C18H14N6O3/c1-26-17-4-2-3-12(22-17)5-16(25)15-6-13(9-24-11-21-23-18(15)24)27-14-7-19-10-20-8-14/h2-4,6-11H,5H2,1H3. The molecule has 0 radical (unpaired) electrons. The Morgan fingerprint density at radius 1 is 1.19 bits per heavy atom. The predicted molar refractivity (Wildman–Crippen MR) is 93.9 cm³/mol. The van der Waals surface area contributed by atoms with Crippen LogP contribution in [0.15, 0.2) is 55.5 Å². The summed E-state index contributed by atoms with van der Waals surface area (Å²) >= 11 is 0. The number of hydrogen-bond acceptors (Lipinski definition) is 8. The van der Waals surface area contributed by atoms with E-state index in [0.29, 0.717) is 34.3 Å². The Morgan fingerprint density at radius 2 is 2.04 bits per heavy atom. The maximum absolute atomic E-state index is 12.9. The van der Waals surface area contributed by atoms with Crippen molar-refractivity contribution in [2.24, 2.45) is 0 Å². The lowest BCUT2D eigenvalue weighted by Crippen LogP contribution is -2.08. The molecule has 9 heteroatoms. The maximum atomic E-state index is 12.9. The highest BCUT2D eigenvalue weighted by Crippen LogP contribution is 2.24. The Bertz CT molecular complexity index is 1100. The summed E-state index contributed by atoms with van der Waals surface area (Å²) in [7, 11) is 1.53. The van der Waals surface area contributed by atoms with Gasteiger partial charge in [0.2, 0.25) is 5.88 Å². The number of Topliss-reactive ketones (excluding diaryl/α,β-unsaturated/α-hetero) is 1. The van der Waals surface area contributed by atoms with Gasteiger partial charge in [-0.25, -0.2) is 15.0 Å². The summed E-state index contributed by atoms with van der Waals surface area (Å²) < 4.78 is 12.5. The van der Waals surface area contributed by atoms with Crippen molar-refractivity contribution in [3.8, 4) is 17.4 Å². The molecule has 0 N–H and O–H groups in total. The van der Waals surface area contributed by atoms with E-state index >= 15 is 0 Å². The fourth-order valence-electron chi connectivity index (χ4n) is 2.58. The van der Waals surface area contributed by atoms with Gasteiger partial charge < -0.3 is 9.47 Å². The smallest absolute Gasteiger partial charge is 0.213 e. The van der Waals surface area contributed by atoms with Gasteiger partial charge in [0.15, 0.2) is 17.2 Å². The van der Waals surface area contributed by atoms with E-state index in [2.05, 4.69) is 25.1 Å². The highest BCUT2D eigenvalue weighted by atomic mass is 16.5. The first-order chi connectivity index (χ1) is 13.2. The molecular weight excluding hydrogens is 348 g/mol. The number of ether oxygens (including phenoxy) is 2. The van der Waals surface area contributed by atoms with Crippen molar-refractivity contribution in [2.75, 3.05) is 7.11 Å². The summed E-state index contributed by atoms with van der Waals surface area (Å²) in [5.41, 5.74) is 1.42. The Morgan fingerprint density at radius 3 is 2.85 bits per heavy atom. The number of rotatable bonds is 6. The van der Waals surface area contributed by atoms with Crippen molar-refractivity contribution in [1.82, 2.24) is 29.5 Å². The van der Waals surface area contributed by atoms with E-state index in [9.17, 15) is 4.79 Å².